The zero-order valence-corrected chi connectivity index (χ0v) is 12.2. The molecule has 0 bridgehead atoms. The minimum absolute atomic E-state index is 0.108. The SMILES string of the molecule is C=CCC(=O)/C=C(\CCc1ccccc1)c1ccccc1. The van der Waals surface area contributed by atoms with Crippen molar-refractivity contribution in [2.24, 2.45) is 0 Å². The Labute approximate surface area is 126 Å². The van der Waals surface area contributed by atoms with Gasteiger partial charge in [0, 0.05) is 6.42 Å². The molecule has 0 heterocycles. The summed E-state index contributed by atoms with van der Waals surface area (Å²) < 4.78 is 0. The van der Waals surface area contributed by atoms with Crippen LogP contribution in [0.4, 0.5) is 0 Å². The molecule has 0 radical (unpaired) electrons. The third-order valence-electron chi connectivity index (χ3n) is 3.35. The number of allylic oxidation sites excluding steroid dienone is 3. The summed E-state index contributed by atoms with van der Waals surface area (Å²) in [6.07, 6.45) is 5.60. The van der Waals surface area contributed by atoms with Crippen LogP contribution in [0.3, 0.4) is 0 Å². The first-order valence-electron chi connectivity index (χ1n) is 7.23. The van der Waals surface area contributed by atoms with E-state index < -0.39 is 0 Å². The van der Waals surface area contributed by atoms with E-state index in [1.165, 1.54) is 5.56 Å². The Kier molecular flexibility index (Phi) is 5.71. The fourth-order valence-electron chi connectivity index (χ4n) is 2.27. The van der Waals surface area contributed by atoms with Crippen LogP contribution >= 0.6 is 0 Å². The predicted molar refractivity (Wildman–Crippen MR) is 89.0 cm³/mol. The Morgan fingerprint density at radius 1 is 0.952 bits per heavy atom. The van der Waals surface area contributed by atoms with Crippen molar-refractivity contribution in [1.29, 1.82) is 0 Å². The van der Waals surface area contributed by atoms with E-state index in [1.807, 2.05) is 36.4 Å². The van der Waals surface area contributed by atoms with Crippen LogP contribution in [0.5, 0.6) is 0 Å². The van der Waals surface area contributed by atoms with Gasteiger partial charge in [0.25, 0.3) is 0 Å². The van der Waals surface area contributed by atoms with Crippen molar-refractivity contribution in [2.75, 3.05) is 0 Å². The Balaban J connectivity index is 2.16. The number of ketones is 1. The van der Waals surface area contributed by atoms with Crippen LogP contribution in [0, 0.1) is 0 Å². The van der Waals surface area contributed by atoms with Crippen LogP contribution in [0.25, 0.3) is 5.57 Å². The number of hydrogen-bond donors (Lipinski definition) is 0. The number of benzene rings is 2. The van der Waals surface area contributed by atoms with E-state index in [4.69, 9.17) is 0 Å². The van der Waals surface area contributed by atoms with Crippen LogP contribution in [-0.2, 0) is 11.2 Å². The Hall–Kier alpha value is -2.41. The lowest BCUT2D eigenvalue weighted by Crippen LogP contribution is -1.96. The summed E-state index contributed by atoms with van der Waals surface area (Å²) in [5, 5.41) is 0. The highest BCUT2D eigenvalue weighted by Crippen LogP contribution is 2.21. The smallest absolute Gasteiger partial charge is 0.159 e. The van der Waals surface area contributed by atoms with Crippen LogP contribution in [-0.4, -0.2) is 5.78 Å². The third kappa shape index (κ3) is 4.88. The van der Waals surface area contributed by atoms with E-state index in [9.17, 15) is 4.79 Å². The van der Waals surface area contributed by atoms with Crippen molar-refractivity contribution in [3.05, 3.63) is 90.5 Å². The molecule has 0 saturated heterocycles. The minimum Gasteiger partial charge on any atom is -0.295 e. The Bertz CT molecular complexity index is 609. The molecule has 0 amide bonds. The molecular weight excluding hydrogens is 256 g/mol. The zero-order chi connectivity index (χ0) is 14.9. The second-order valence-corrected chi connectivity index (χ2v) is 4.98. The molecule has 2 aromatic carbocycles. The minimum atomic E-state index is 0.108. The van der Waals surface area contributed by atoms with Gasteiger partial charge in [0.15, 0.2) is 5.78 Å². The average molecular weight is 276 g/mol. The molecule has 2 aromatic rings. The maximum Gasteiger partial charge on any atom is 0.159 e. The van der Waals surface area contributed by atoms with Crippen molar-refractivity contribution in [2.45, 2.75) is 19.3 Å². The molecule has 0 spiro atoms. The van der Waals surface area contributed by atoms with Crippen LogP contribution in [0.1, 0.15) is 24.0 Å². The summed E-state index contributed by atoms with van der Waals surface area (Å²) in [5.74, 6) is 0.108. The topological polar surface area (TPSA) is 17.1 Å². The molecule has 0 fully saturated rings. The largest absolute Gasteiger partial charge is 0.295 e. The molecule has 0 aliphatic rings. The van der Waals surface area contributed by atoms with Gasteiger partial charge in [-0.2, -0.15) is 0 Å². The van der Waals surface area contributed by atoms with E-state index >= 15 is 0 Å². The standard InChI is InChI=1S/C20H20O/c1-2-9-20(21)16-19(18-12-7-4-8-13-18)15-14-17-10-5-3-6-11-17/h2-8,10-13,16H,1,9,14-15H2/b19-16+. The summed E-state index contributed by atoms with van der Waals surface area (Å²) in [7, 11) is 0. The maximum absolute atomic E-state index is 11.9. The third-order valence-corrected chi connectivity index (χ3v) is 3.35. The first-order chi connectivity index (χ1) is 10.3. The number of carbonyl (C=O) groups excluding carboxylic acids is 1. The van der Waals surface area contributed by atoms with Gasteiger partial charge in [-0.05, 0) is 35.6 Å². The van der Waals surface area contributed by atoms with Crippen molar-refractivity contribution in [3.63, 3.8) is 0 Å². The van der Waals surface area contributed by atoms with Crippen molar-refractivity contribution < 1.29 is 4.79 Å². The number of aryl methyl sites for hydroxylation is 1. The normalized spacial score (nSPS) is 11.1. The molecular formula is C20H20O. The summed E-state index contributed by atoms with van der Waals surface area (Å²) in [6, 6.07) is 20.5. The maximum atomic E-state index is 11.9. The summed E-state index contributed by atoms with van der Waals surface area (Å²) >= 11 is 0. The molecule has 0 aliphatic heterocycles. The highest BCUT2D eigenvalue weighted by molar-refractivity contribution is 5.97. The molecule has 0 aromatic heterocycles. The molecule has 21 heavy (non-hydrogen) atoms. The molecule has 0 N–H and O–H groups in total. The summed E-state index contributed by atoms with van der Waals surface area (Å²) in [4.78, 5) is 11.9. The number of hydrogen-bond acceptors (Lipinski definition) is 1. The van der Waals surface area contributed by atoms with E-state index in [0.29, 0.717) is 6.42 Å². The summed E-state index contributed by atoms with van der Waals surface area (Å²) in [5.41, 5.74) is 3.49. The lowest BCUT2D eigenvalue weighted by atomic mass is 9.97. The van der Waals surface area contributed by atoms with Gasteiger partial charge in [-0.3, -0.25) is 4.79 Å². The molecule has 106 valence electrons. The summed E-state index contributed by atoms with van der Waals surface area (Å²) in [6.45, 7) is 3.62. The van der Waals surface area contributed by atoms with Crippen LogP contribution in [0.2, 0.25) is 0 Å². The second kappa shape index (κ2) is 8.01. The van der Waals surface area contributed by atoms with Gasteiger partial charge >= 0.3 is 0 Å². The highest BCUT2D eigenvalue weighted by atomic mass is 16.1. The fraction of sp³-hybridized carbons (Fsp3) is 0.150. The van der Waals surface area contributed by atoms with Gasteiger partial charge in [0.2, 0.25) is 0 Å². The van der Waals surface area contributed by atoms with Gasteiger partial charge in [0.05, 0.1) is 0 Å². The van der Waals surface area contributed by atoms with E-state index in [1.54, 1.807) is 12.2 Å². The highest BCUT2D eigenvalue weighted by Gasteiger charge is 2.05. The number of rotatable bonds is 7. The van der Waals surface area contributed by atoms with Crippen LogP contribution in [0.15, 0.2) is 79.4 Å². The average Bonchev–Trinajstić information content (AvgIpc) is 2.53. The van der Waals surface area contributed by atoms with E-state index in [0.717, 1.165) is 24.0 Å². The van der Waals surface area contributed by atoms with Gasteiger partial charge < -0.3 is 0 Å². The monoisotopic (exact) mass is 276 g/mol. The first kappa shape index (κ1) is 15.0. The first-order valence-corrected chi connectivity index (χ1v) is 7.23. The van der Waals surface area contributed by atoms with Gasteiger partial charge in [-0.15, -0.1) is 6.58 Å². The molecule has 0 saturated carbocycles. The van der Waals surface area contributed by atoms with Gasteiger partial charge in [-0.1, -0.05) is 66.7 Å². The number of carbonyl (C=O) groups is 1. The van der Waals surface area contributed by atoms with Crippen molar-refractivity contribution in [3.8, 4) is 0 Å². The van der Waals surface area contributed by atoms with Gasteiger partial charge in [0.1, 0.15) is 0 Å². The molecule has 2 rings (SSSR count). The second-order valence-electron chi connectivity index (χ2n) is 4.98. The van der Waals surface area contributed by atoms with Crippen molar-refractivity contribution >= 4 is 11.4 Å². The van der Waals surface area contributed by atoms with Crippen molar-refractivity contribution in [1.82, 2.24) is 0 Å². The molecule has 1 nitrogen and oxygen atoms in total. The molecule has 0 unspecified atom stereocenters. The van der Waals surface area contributed by atoms with E-state index in [-0.39, 0.29) is 5.78 Å². The molecule has 0 atom stereocenters. The lowest BCUT2D eigenvalue weighted by molar-refractivity contribution is -0.113. The zero-order valence-electron chi connectivity index (χ0n) is 12.2. The van der Waals surface area contributed by atoms with E-state index in [2.05, 4.69) is 30.8 Å². The Morgan fingerprint density at radius 3 is 2.19 bits per heavy atom. The Morgan fingerprint density at radius 2 is 1.57 bits per heavy atom. The van der Waals surface area contributed by atoms with Gasteiger partial charge in [-0.25, -0.2) is 0 Å². The van der Waals surface area contributed by atoms with Crippen LogP contribution < -0.4 is 0 Å². The quantitative estimate of drug-likeness (QED) is 0.522. The predicted octanol–water partition coefficient (Wildman–Crippen LogP) is 4.85. The fourth-order valence-corrected chi connectivity index (χ4v) is 2.27. The molecule has 1 heteroatoms. The molecule has 0 aliphatic carbocycles. The lowest BCUT2D eigenvalue weighted by Gasteiger charge is -2.08.